The number of anilines is 1. The van der Waals surface area contributed by atoms with Gasteiger partial charge in [0.15, 0.2) is 11.9 Å². The van der Waals surface area contributed by atoms with Gasteiger partial charge in [-0.2, -0.15) is 0 Å². The minimum atomic E-state index is -1.05. The van der Waals surface area contributed by atoms with Gasteiger partial charge < -0.3 is 19.5 Å². The van der Waals surface area contributed by atoms with Crippen molar-refractivity contribution in [3.63, 3.8) is 0 Å². The zero-order valence-corrected chi connectivity index (χ0v) is 17.2. The van der Waals surface area contributed by atoms with E-state index in [0.717, 1.165) is 19.4 Å². The second kappa shape index (κ2) is 9.91. The maximum atomic E-state index is 12.3. The molecule has 3 rings (SSSR count). The van der Waals surface area contributed by atoms with Crippen LogP contribution in [0.3, 0.4) is 0 Å². The molecule has 1 aromatic heterocycles. The second-order valence-electron chi connectivity index (χ2n) is 6.49. The highest BCUT2D eigenvalue weighted by atomic mass is 35.5. The molecule has 2 unspecified atom stereocenters. The summed E-state index contributed by atoms with van der Waals surface area (Å²) >= 11 is 11.7. The zero-order chi connectivity index (χ0) is 20.8. The molecule has 154 valence electrons. The van der Waals surface area contributed by atoms with E-state index >= 15 is 0 Å². The zero-order valence-electron chi connectivity index (χ0n) is 15.7. The van der Waals surface area contributed by atoms with E-state index in [9.17, 15) is 9.59 Å². The van der Waals surface area contributed by atoms with Gasteiger partial charge in [-0.1, -0.05) is 23.2 Å². The molecule has 1 amide bonds. The highest BCUT2D eigenvalue weighted by Gasteiger charge is 2.21. The molecular formula is C20H20Cl2N2O5. The Morgan fingerprint density at radius 3 is 2.72 bits per heavy atom. The van der Waals surface area contributed by atoms with Gasteiger partial charge in [-0.3, -0.25) is 4.79 Å². The molecule has 7 nitrogen and oxygen atoms in total. The number of esters is 1. The standard InChI is InChI=1S/C20H20Cl2N2O5/c1-12(19(25)24-18-17(22)9-14(21)10-23-18)29-20(26)13-4-6-15(7-5-13)28-11-16-3-2-8-27-16/h4-7,9-10,12,16H,2-3,8,11H2,1H3,(H,23,24,25). The molecule has 0 radical (unpaired) electrons. The quantitative estimate of drug-likeness (QED) is 0.653. The number of hydrogen-bond acceptors (Lipinski definition) is 6. The van der Waals surface area contributed by atoms with Crippen LogP contribution >= 0.6 is 23.2 Å². The van der Waals surface area contributed by atoms with Gasteiger partial charge in [0, 0.05) is 12.8 Å². The lowest BCUT2D eigenvalue weighted by atomic mass is 10.2. The van der Waals surface area contributed by atoms with Crippen molar-refractivity contribution >= 4 is 40.9 Å². The fraction of sp³-hybridized carbons (Fsp3) is 0.350. The van der Waals surface area contributed by atoms with E-state index in [1.807, 2.05) is 0 Å². The molecule has 1 fully saturated rings. The Morgan fingerprint density at radius 2 is 2.07 bits per heavy atom. The van der Waals surface area contributed by atoms with Crippen molar-refractivity contribution in [3.05, 3.63) is 52.1 Å². The van der Waals surface area contributed by atoms with Crippen molar-refractivity contribution < 1.29 is 23.8 Å². The Labute approximate surface area is 178 Å². The lowest BCUT2D eigenvalue weighted by Crippen LogP contribution is -2.30. The molecule has 29 heavy (non-hydrogen) atoms. The highest BCUT2D eigenvalue weighted by molar-refractivity contribution is 6.36. The van der Waals surface area contributed by atoms with Gasteiger partial charge in [0.25, 0.3) is 5.91 Å². The highest BCUT2D eigenvalue weighted by Crippen LogP contribution is 2.23. The summed E-state index contributed by atoms with van der Waals surface area (Å²) in [5.41, 5.74) is 0.303. The molecule has 2 atom stereocenters. The van der Waals surface area contributed by atoms with E-state index in [0.29, 0.717) is 22.9 Å². The molecule has 1 aromatic carbocycles. The third kappa shape index (κ3) is 6.06. The molecule has 2 heterocycles. The number of carbonyl (C=O) groups excluding carboxylic acids is 2. The Bertz CT molecular complexity index is 870. The molecule has 1 aliphatic heterocycles. The SMILES string of the molecule is CC(OC(=O)c1ccc(OCC2CCCO2)cc1)C(=O)Nc1ncc(Cl)cc1Cl. The van der Waals surface area contributed by atoms with Crippen molar-refractivity contribution in [1.29, 1.82) is 0 Å². The Morgan fingerprint density at radius 1 is 1.31 bits per heavy atom. The lowest BCUT2D eigenvalue weighted by Gasteiger charge is -2.14. The lowest BCUT2D eigenvalue weighted by molar-refractivity contribution is -0.123. The van der Waals surface area contributed by atoms with E-state index in [1.54, 1.807) is 24.3 Å². The molecular weight excluding hydrogens is 419 g/mol. The largest absolute Gasteiger partial charge is 0.491 e. The summed E-state index contributed by atoms with van der Waals surface area (Å²) in [5, 5.41) is 3.02. The Balaban J connectivity index is 1.51. The fourth-order valence-electron chi connectivity index (χ4n) is 2.66. The molecule has 0 saturated carbocycles. The number of aromatic nitrogens is 1. The predicted octanol–water partition coefficient (Wildman–Crippen LogP) is 4.13. The Kier molecular flexibility index (Phi) is 7.30. The average molecular weight is 439 g/mol. The van der Waals surface area contributed by atoms with E-state index in [2.05, 4.69) is 10.3 Å². The number of carbonyl (C=O) groups is 2. The fourth-order valence-corrected chi connectivity index (χ4v) is 3.09. The molecule has 1 N–H and O–H groups in total. The van der Waals surface area contributed by atoms with E-state index in [1.165, 1.54) is 19.2 Å². The van der Waals surface area contributed by atoms with Crippen molar-refractivity contribution in [2.24, 2.45) is 0 Å². The maximum absolute atomic E-state index is 12.3. The summed E-state index contributed by atoms with van der Waals surface area (Å²) in [5.74, 6) is -0.428. The molecule has 0 bridgehead atoms. The third-order valence-electron chi connectivity index (χ3n) is 4.25. The Hall–Kier alpha value is -2.35. The van der Waals surface area contributed by atoms with Crippen LogP contribution in [0.1, 0.15) is 30.1 Å². The number of ether oxygens (including phenoxy) is 3. The smallest absolute Gasteiger partial charge is 0.338 e. The molecule has 1 saturated heterocycles. The summed E-state index contributed by atoms with van der Waals surface area (Å²) in [7, 11) is 0. The van der Waals surface area contributed by atoms with Crippen LogP contribution in [0.5, 0.6) is 5.75 Å². The summed E-state index contributed by atoms with van der Waals surface area (Å²) < 4.78 is 16.4. The molecule has 2 aromatic rings. The van der Waals surface area contributed by atoms with Gasteiger partial charge in [0.1, 0.15) is 12.4 Å². The first-order chi connectivity index (χ1) is 13.9. The van der Waals surface area contributed by atoms with Crippen molar-refractivity contribution in [2.75, 3.05) is 18.5 Å². The number of pyridine rings is 1. The van der Waals surface area contributed by atoms with Gasteiger partial charge in [-0.15, -0.1) is 0 Å². The maximum Gasteiger partial charge on any atom is 0.338 e. The molecule has 1 aliphatic rings. The average Bonchev–Trinajstić information content (AvgIpc) is 3.22. The van der Waals surface area contributed by atoms with Crippen LogP contribution < -0.4 is 10.1 Å². The number of benzene rings is 1. The first kappa shape index (κ1) is 21.4. The summed E-state index contributed by atoms with van der Waals surface area (Å²) in [6.07, 6.45) is 2.45. The van der Waals surface area contributed by atoms with Crippen LogP contribution in [-0.4, -0.2) is 42.3 Å². The van der Waals surface area contributed by atoms with Gasteiger partial charge in [0.2, 0.25) is 0 Å². The number of hydrogen-bond donors (Lipinski definition) is 1. The summed E-state index contributed by atoms with van der Waals surface area (Å²) in [4.78, 5) is 28.4. The summed E-state index contributed by atoms with van der Waals surface area (Å²) in [6, 6.07) is 7.96. The minimum absolute atomic E-state index is 0.114. The number of amides is 1. The van der Waals surface area contributed by atoms with E-state index in [-0.39, 0.29) is 16.9 Å². The number of nitrogens with one attached hydrogen (secondary N) is 1. The van der Waals surface area contributed by atoms with Gasteiger partial charge >= 0.3 is 5.97 Å². The van der Waals surface area contributed by atoms with E-state index in [4.69, 9.17) is 37.4 Å². The van der Waals surface area contributed by atoms with Crippen molar-refractivity contribution in [3.8, 4) is 5.75 Å². The normalized spacial score (nSPS) is 16.9. The van der Waals surface area contributed by atoms with E-state index < -0.39 is 18.0 Å². The number of halogens is 2. The van der Waals surface area contributed by atoms with Crippen molar-refractivity contribution in [1.82, 2.24) is 4.98 Å². The van der Waals surface area contributed by atoms with Gasteiger partial charge in [0.05, 0.1) is 21.7 Å². The number of rotatable bonds is 7. The molecule has 0 aliphatic carbocycles. The van der Waals surface area contributed by atoms with Crippen LogP contribution in [0.25, 0.3) is 0 Å². The van der Waals surface area contributed by atoms with Gasteiger partial charge in [-0.25, -0.2) is 9.78 Å². The second-order valence-corrected chi connectivity index (χ2v) is 7.33. The van der Waals surface area contributed by atoms with Crippen LogP contribution in [0.2, 0.25) is 10.0 Å². The molecule has 0 spiro atoms. The minimum Gasteiger partial charge on any atom is -0.491 e. The predicted molar refractivity (Wildman–Crippen MR) is 109 cm³/mol. The van der Waals surface area contributed by atoms with Gasteiger partial charge in [-0.05, 0) is 50.1 Å². The molecule has 9 heteroatoms. The summed E-state index contributed by atoms with van der Waals surface area (Å²) in [6.45, 7) is 2.70. The number of nitrogens with zero attached hydrogens (tertiary/aromatic N) is 1. The van der Waals surface area contributed by atoms with Crippen LogP contribution in [-0.2, 0) is 14.3 Å². The first-order valence-electron chi connectivity index (χ1n) is 9.09. The van der Waals surface area contributed by atoms with Crippen LogP contribution in [0, 0.1) is 0 Å². The third-order valence-corrected chi connectivity index (χ3v) is 4.75. The topological polar surface area (TPSA) is 86.8 Å². The van der Waals surface area contributed by atoms with Crippen LogP contribution in [0.4, 0.5) is 5.82 Å². The monoisotopic (exact) mass is 438 g/mol. The van der Waals surface area contributed by atoms with Crippen molar-refractivity contribution in [2.45, 2.75) is 32.0 Å². The first-order valence-corrected chi connectivity index (χ1v) is 9.85. The van der Waals surface area contributed by atoms with Crippen LogP contribution in [0.15, 0.2) is 36.5 Å².